The van der Waals surface area contributed by atoms with Gasteiger partial charge in [0.2, 0.25) is 0 Å². The van der Waals surface area contributed by atoms with Crippen molar-refractivity contribution in [3.8, 4) is 0 Å². The average molecular weight is 318 g/mol. The molecule has 0 amide bonds. The second kappa shape index (κ2) is 5.64. The lowest BCUT2D eigenvalue weighted by molar-refractivity contribution is 0.0595. The summed E-state index contributed by atoms with van der Waals surface area (Å²) in [6, 6.07) is 5.70. The minimum atomic E-state index is -0.842. The summed E-state index contributed by atoms with van der Waals surface area (Å²) >= 11 is 0. The molecule has 8 heteroatoms. The van der Waals surface area contributed by atoms with E-state index in [2.05, 4.69) is 20.0 Å². The maximum atomic E-state index is 14.7. The van der Waals surface area contributed by atoms with Crippen molar-refractivity contribution in [3.05, 3.63) is 47.9 Å². The zero-order valence-electron chi connectivity index (χ0n) is 12.3. The van der Waals surface area contributed by atoms with Gasteiger partial charge in [-0.05, 0) is 12.1 Å². The Labute approximate surface area is 129 Å². The SMILES string of the molecule is COC(=O)c1nc2c(ncn2C)c(F)c1Nc1ccccc1F. The number of hydrogen-bond acceptors (Lipinski definition) is 5. The summed E-state index contributed by atoms with van der Waals surface area (Å²) in [6.07, 6.45) is 1.37. The highest BCUT2D eigenvalue weighted by Crippen LogP contribution is 2.29. The fourth-order valence-electron chi connectivity index (χ4n) is 2.15. The predicted molar refractivity (Wildman–Crippen MR) is 79.5 cm³/mol. The number of nitrogens with one attached hydrogen (secondary N) is 1. The number of rotatable bonds is 3. The van der Waals surface area contributed by atoms with Gasteiger partial charge in [0.1, 0.15) is 17.0 Å². The highest BCUT2D eigenvalue weighted by Gasteiger charge is 2.24. The third-order valence-corrected chi connectivity index (χ3v) is 3.30. The average Bonchev–Trinajstić information content (AvgIpc) is 2.92. The fourth-order valence-corrected chi connectivity index (χ4v) is 2.15. The van der Waals surface area contributed by atoms with Crippen molar-refractivity contribution in [2.24, 2.45) is 7.05 Å². The first-order valence-electron chi connectivity index (χ1n) is 6.63. The van der Waals surface area contributed by atoms with Crippen LogP contribution in [0.25, 0.3) is 11.2 Å². The van der Waals surface area contributed by atoms with E-state index in [1.807, 2.05) is 0 Å². The van der Waals surface area contributed by atoms with Crippen molar-refractivity contribution in [1.82, 2.24) is 14.5 Å². The molecule has 23 heavy (non-hydrogen) atoms. The monoisotopic (exact) mass is 318 g/mol. The van der Waals surface area contributed by atoms with Crippen LogP contribution in [0.15, 0.2) is 30.6 Å². The summed E-state index contributed by atoms with van der Waals surface area (Å²) in [7, 11) is 2.77. The number of para-hydroxylation sites is 1. The predicted octanol–water partition coefficient (Wildman–Crippen LogP) is 2.78. The molecule has 0 unspecified atom stereocenters. The van der Waals surface area contributed by atoms with E-state index in [1.165, 1.54) is 29.1 Å². The summed E-state index contributed by atoms with van der Waals surface area (Å²) in [4.78, 5) is 19.9. The molecule has 0 aliphatic rings. The number of pyridine rings is 1. The molecule has 0 aliphatic heterocycles. The minimum absolute atomic E-state index is 0.00799. The highest BCUT2D eigenvalue weighted by atomic mass is 19.1. The van der Waals surface area contributed by atoms with Gasteiger partial charge in [-0.15, -0.1) is 0 Å². The molecule has 0 fully saturated rings. The zero-order chi connectivity index (χ0) is 16.6. The van der Waals surface area contributed by atoms with Gasteiger partial charge in [-0.25, -0.2) is 23.5 Å². The number of carbonyl (C=O) groups excluding carboxylic acids is 1. The maximum Gasteiger partial charge on any atom is 0.359 e. The first kappa shape index (κ1) is 14.9. The second-order valence-electron chi connectivity index (χ2n) is 4.77. The molecule has 0 saturated heterocycles. The van der Waals surface area contributed by atoms with Gasteiger partial charge >= 0.3 is 5.97 Å². The number of hydrogen-bond donors (Lipinski definition) is 1. The Bertz CT molecular complexity index is 908. The molecule has 0 spiro atoms. The van der Waals surface area contributed by atoms with E-state index in [1.54, 1.807) is 13.1 Å². The number of ether oxygens (including phenoxy) is 1. The molecule has 1 N–H and O–H groups in total. The number of aromatic nitrogens is 3. The molecule has 0 atom stereocenters. The van der Waals surface area contributed by atoms with Crippen LogP contribution in [-0.4, -0.2) is 27.6 Å². The summed E-state index contributed by atoms with van der Waals surface area (Å²) in [6.45, 7) is 0. The molecule has 3 aromatic rings. The van der Waals surface area contributed by atoms with Crippen LogP contribution < -0.4 is 5.32 Å². The Morgan fingerprint density at radius 3 is 2.74 bits per heavy atom. The van der Waals surface area contributed by atoms with Crippen LogP contribution in [0.3, 0.4) is 0 Å². The van der Waals surface area contributed by atoms with Gasteiger partial charge in [0.05, 0.1) is 19.1 Å². The standard InChI is InChI=1S/C15H12F2N4O2/c1-21-7-18-12-10(17)11(13(15(22)23-2)20-14(12)21)19-9-6-4-3-5-8(9)16/h3-7,19H,1-2H3. The van der Waals surface area contributed by atoms with Gasteiger partial charge in [0.25, 0.3) is 0 Å². The van der Waals surface area contributed by atoms with E-state index in [0.717, 1.165) is 7.11 Å². The minimum Gasteiger partial charge on any atom is -0.464 e. The molecular formula is C15H12F2N4O2. The van der Waals surface area contributed by atoms with E-state index < -0.39 is 17.6 Å². The Hall–Kier alpha value is -3.03. The number of nitrogens with zero attached hydrogens (tertiary/aromatic N) is 3. The number of halogens is 2. The number of carbonyl (C=O) groups is 1. The second-order valence-corrected chi connectivity index (χ2v) is 4.77. The molecule has 0 saturated carbocycles. The lowest BCUT2D eigenvalue weighted by atomic mass is 10.2. The number of fused-ring (bicyclic) bond motifs is 1. The van der Waals surface area contributed by atoms with Crippen molar-refractivity contribution in [2.75, 3.05) is 12.4 Å². The lowest BCUT2D eigenvalue weighted by Gasteiger charge is -2.12. The molecule has 0 bridgehead atoms. The Kier molecular flexibility index (Phi) is 3.65. The van der Waals surface area contributed by atoms with Gasteiger partial charge in [-0.3, -0.25) is 0 Å². The van der Waals surface area contributed by atoms with E-state index in [0.29, 0.717) is 0 Å². The number of methoxy groups -OCH3 is 1. The molecule has 0 aliphatic carbocycles. The normalized spacial score (nSPS) is 10.8. The molecule has 2 aromatic heterocycles. The summed E-state index contributed by atoms with van der Waals surface area (Å²) < 4.78 is 34.7. The Balaban J connectivity index is 2.23. The van der Waals surface area contributed by atoms with Crippen molar-refractivity contribution < 1.29 is 18.3 Å². The molecule has 3 rings (SSSR count). The van der Waals surface area contributed by atoms with Gasteiger partial charge in [0.15, 0.2) is 17.2 Å². The van der Waals surface area contributed by atoms with Crippen LogP contribution in [0.2, 0.25) is 0 Å². The van der Waals surface area contributed by atoms with Gasteiger partial charge in [-0.1, -0.05) is 12.1 Å². The van der Waals surface area contributed by atoms with E-state index in [-0.39, 0.29) is 28.2 Å². The summed E-state index contributed by atoms with van der Waals surface area (Å²) in [5, 5.41) is 2.56. The third-order valence-electron chi connectivity index (χ3n) is 3.30. The lowest BCUT2D eigenvalue weighted by Crippen LogP contribution is -2.12. The number of aryl methyl sites for hydroxylation is 1. The molecule has 6 nitrogen and oxygen atoms in total. The number of esters is 1. The Morgan fingerprint density at radius 1 is 1.30 bits per heavy atom. The number of imidazole rings is 1. The fraction of sp³-hybridized carbons (Fsp3) is 0.133. The third kappa shape index (κ3) is 2.48. The van der Waals surface area contributed by atoms with Crippen LogP contribution in [-0.2, 0) is 11.8 Å². The molecule has 2 heterocycles. The van der Waals surface area contributed by atoms with Crippen LogP contribution in [0.4, 0.5) is 20.2 Å². The molecule has 118 valence electrons. The van der Waals surface area contributed by atoms with Crippen LogP contribution >= 0.6 is 0 Å². The summed E-state index contributed by atoms with van der Waals surface area (Å²) in [5.41, 5.74) is -0.410. The van der Waals surface area contributed by atoms with Crippen LogP contribution in [0, 0.1) is 11.6 Å². The number of benzene rings is 1. The molecular weight excluding hydrogens is 306 g/mol. The first-order valence-corrected chi connectivity index (χ1v) is 6.63. The van der Waals surface area contributed by atoms with Crippen molar-refractivity contribution in [3.63, 3.8) is 0 Å². The number of anilines is 2. The van der Waals surface area contributed by atoms with Crippen LogP contribution in [0.1, 0.15) is 10.5 Å². The largest absolute Gasteiger partial charge is 0.464 e. The van der Waals surface area contributed by atoms with E-state index in [9.17, 15) is 13.6 Å². The van der Waals surface area contributed by atoms with Gasteiger partial charge in [-0.2, -0.15) is 0 Å². The highest BCUT2D eigenvalue weighted by molar-refractivity contribution is 5.98. The Morgan fingerprint density at radius 2 is 2.04 bits per heavy atom. The van der Waals surface area contributed by atoms with Crippen molar-refractivity contribution in [2.45, 2.75) is 0 Å². The smallest absolute Gasteiger partial charge is 0.359 e. The van der Waals surface area contributed by atoms with Crippen molar-refractivity contribution >= 4 is 28.5 Å². The van der Waals surface area contributed by atoms with Gasteiger partial charge < -0.3 is 14.6 Å². The topological polar surface area (TPSA) is 69.0 Å². The zero-order valence-corrected chi connectivity index (χ0v) is 12.3. The summed E-state index contributed by atoms with van der Waals surface area (Å²) in [5.74, 6) is -2.24. The molecule has 1 aromatic carbocycles. The van der Waals surface area contributed by atoms with Gasteiger partial charge in [0, 0.05) is 7.05 Å². The van der Waals surface area contributed by atoms with Crippen LogP contribution in [0.5, 0.6) is 0 Å². The first-order chi connectivity index (χ1) is 11.0. The van der Waals surface area contributed by atoms with Crippen molar-refractivity contribution in [1.29, 1.82) is 0 Å². The quantitative estimate of drug-likeness (QED) is 0.752. The maximum absolute atomic E-state index is 14.7. The molecule has 0 radical (unpaired) electrons. The van der Waals surface area contributed by atoms with E-state index >= 15 is 0 Å². The van der Waals surface area contributed by atoms with E-state index in [4.69, 9.17) is 0 Å².